The van der Waals surface area contributed by atoms with Crippen LogP contribution in [0.1, 0.15) is 22.8 Å². The van der Waals surface area contributed by atoms with E-state index in [9.17, 15) is 15.3 Å². The quantitative estimate of drug-likeness (QED) is 0.673. The highest BCUT2D eigenvalue weighted by atomic mass is 16.5. The molecule has 1 aromatic carbocycles. The van der Waals surface area contributed by atoms with Crippen molar-refractivity contribution in [3.8, 4) is 0 Å². The van der Waals surface area contributed by atoms with E-state index in [1.54, 1.807) is 0 Å². The van der Waals surface area contributed by atoms with Gasteiger partial charge < -0.3 is 20.1 Å². The molecule has 0 bridgehead atoms. The van der Waals surface area contributed by atoms with Gasteiger partial charge >= 0.3 is 0 Å². The molecule has 0 spiro atoms. The summed E-state index contributed by atoms with van der Waals surface area (Å²) in [4.78, 5) is 0. The summed E-state index contributed by atoms with van der Waals surface area (Å²) < 4.78 is 5.23. The maximum Gasteiger partial charge on any atom is 0.116 e. The number of aliphatic hydroxyl groups excluding tert-OH is 3. The lowest BCUT2D eigenvalue weighted by atomic mass is 9.85. The zero-order valence-corrected chi connectivity index (χ0v) is 9.41. The summed E-state index contributed by atoms with van der Waals surface area (Å²) in [5.74, 6) is 0. The largest absolute Gasteiger partial charge is 0.388 e. The van der Waals surface area contributed by atoms with E-state index in [1.165, 1.54) is 11.1 Å². The number of aliphatic hydroxyl groups is 3. The maximum atomic E-state index is 10.2. The summed E-state index contributed by atoms with van der Waals surface area (Å²) in [5, 5.41) is 29.2. The van der Waals surface area contributed by atoms with Crippen LogP contribution in [0.5, 0.6) is 0 Å². The summed E-state index contributed by atoms with van der Waals surface area (Å²) in [7, 11) is 0. The van der Waals surface area contributed by atoms with Gasteiger partial charge in [0, 0.05) is 0 Å². The van der Waals surface area contributed by atoms with Gasteiger partial charge in [0.15, 0.2) is 0 Å². The van der Waals surface area contributed by atoms with Crippen LogP contribution >= 0.6 is 0 Å². The molecule has 1 aliphatic heterocycles. The molecule has 0 radical (unpaired) electrons. The summed E-state index contributed by atoms with van der Waals surface area (Å²) >= 11 is 0. The predicted molar refractivity (Wildman–Crippen MR) is 60.6 cm³/mol. The van der Waals surface area contributed by atoms with Gasteiger partial charge in [-0.3, -0.25) is 0 Å². The Bertz CT molecular complexity index is 431. The van der Waals surface area contributed by atoms with E-state index >= 15 is 0 Å². The van der Waals surface area contributed by atoms with Crippen molar-refractivity contribution in [2.24, 2.45) is 0 Å². The van der Waals surface area contributed by atoms with E-state index in [2.05, 4.69) is 0 Å². The molecule has 3 N–H and O–H groups in total. The number of hydrogen-bond donors (Lipinski definition) is 3. The number of ether oxygens (including phenoxy) is 1. The number of benzene rings is 1. The Morgan fingerprint density at radius 3 is 2.47 bits per heavy atom. The minimum Gasteiger partial charge on any atom is -0.388 e. The highest BCUT2D eigenvalue weighted by molar-refractivity contribution is 5.39. The molecule has 4 heteroatoms. The average molecular weight is 236 g/mol. The third-order valence-corrected chi connectivity index (χ3v) is 3.74. The lowest BCUT2D eigenvalue weighted by molar-refractivity contribution is -0.0520. The Morgan fingerprint density at radius 1 is 1.18 bits per heavy atom. The summed E-state index contributed by atoms with van der Waals surface area (Å²) in [5.41, 5.74) is 3.34. The zero-order chi connectivity index (χ0) is 12.0. The Kier molecular flexibility index (Phi) is 2.67. The van der Waals surface area contributed by atoms with Crippen LogP contribution in [0.3, 0.4) is 0 Å². The van der Waals surface area contributed by atoms with Crippen LogP contribution < -0.4 is 0 Å². The van der Waals surface area contributed by atoms with Crippen LogP contribution in [-0.4, -0.2) is 40.2 Å². The maximum absolute atomic E-state index is 10.2. The minimum absolute atomic E-state index is 0.0772. The molecule has 1 saturated heterocycles. The second-order valence-corrected chi connectivity index (χ2v) is 4.83. The third kappa shape index (κ3) is 1.77. The standard InChI is InChI=1S/C13H16O4/c14-10-6-17-13(12(10)16)11(15)9-4-2-7-1-3-8(7)5-9/h2,4-5,10-16H,1,3,6H2/t10?,11?,12?,13-/m1/s1. The second kappa shape index (κ2) is 4.07. The molecule has 0 amide bonds. The van der Waals surface area contributed by atoms with Crippen molar-refractivity contribution in [2.45, 2.75) is 37.3 Å². The SMILES string of the molecule is OC1CO[C@H](C(O)c2ccc3c(c2)CC3)C1O. The Hall–Kier alpha value is -0.940. The normalized spacial score (nSPS) is 33.0. The fourth-order valence-electron chi connectivity index (χ4n) is 2.49. The molecular formula is C13H16O4. The molecule has 1 fully saturated rings. The molecule has 1 aromatic rings. The van der Waals surface area contributed by atoms with Crippen LogP contribution in [0.4, 0.5) is 0 Å². The molecule has 2 aliphatic rings. The fraction of sp³-hybridized carbons (Fsp3) is 0.538. The second-order valence-electron chi connectivity index (χ2n) is 4.83. The number of fused-ring (bicyclic) bond motifs is 1. The Morgan fingerprint density at radius 2 is 1.94 bits per heavy atom. The topological polar surface area (TPSA) is 69.9 Å². The van der Waals surface area contributed by atoms with Crippen molar-refractivity contribution in [2.75, 3.05) is 6.61 Å². The van der Waals surface area contributed by atoms with Gasteiger partial charge in [0.1, 0.15) is 24.4 Å². The van der Waals surface area contributed by atoms with E-state index < -0.39 is 24.4 Å². The highest BCUT2D eigenvalue weighted by Crippen LogP contribution is 2.31. The van der Waals surface area contributed by atoms with E-state index in [1.807, 2.05) is 18.2 Å². The molecular weight excluding hydrogens is 220 g/mol. The summed E-state index contributed by atoms with van der Waals surface area (Å²) in [6, 6.07) is 5.84. The third-order valence-electron chi connectivity index (χ3n) is 3.74. The van der Waals surface area contributed by atoms with Crippen molar-refractivity contribution in [1.82, 2.24) is 0 Å². The molecule has 3 rings (SSSR count). The molecule has 0 aromatic heterocycles. The van der Waals surface area contributed by atoms with Crippen molar-refractivity contribution in [1.29, 1.82) is 0 Å². The number of aryl methyl sites for hydroxylation is 2. The average Bonchev–Trinajstić information content (AvgIpc) is 2.61. The highest BCUT2D eigenvalue weighted by Gasteiger charge is 2.39. The molecule has 1 heterocycles. The van der Waals surface area contributed by atoms with Gasteiger partial charge in [0.25, 0.3) is 0 Å². The Labute approximate surface area is 99.5 Å². The van der Waals surface area contributed by atoms with Crippen LogP contribution in [0.15, 0.2) is 18.2 Å². The first-order valence-electron chi connectivity index (χ1n) is 5.94. The van der Waals surface area contributed by atoms with Gasteiger partial charge in [0.05, 0.1) is 6.61 Å². The molecule has 4 nitrogen and oxygen atoms in total. The first-order valence-corrected chi connectivity index (χ1v) is 5.94. The molecule has 0 saturated carbocycles. The zero-order valence-electron chi connectivity index (χ0n) is 9.41. The van der Waals surface area contributed by atoms with Gasteiger partial charge in [-0.2, -0.15) is 0 Å². The first kappa shape index (κ1) is 11.2. The van der Waals surface area contributed by atoms with E-state index in [0.29, 0.717) is 0 Å². The van der Waals surface area contributed by atoms with Crippen molar-refractivity contribution >= 4 is 0 Å². The minimum atomic E-state index is -1.02. The molecule has 17 heavy (non-hydrogen) atoms. The van der Waals surface area contributed by atoms with Crippen molar-refractivity contribution in [3.63, 3.8) is 0 Å². The van der Waals surface area contributed by atoms with Crippen molar-refractivity contribution in [3.05, 3.63) is 34.9 Å². The van der Waals surface area contributed by atoms with Gasteiger partial charge in [-0.05, 0) is 29.5 Å². The molecule has 3 unspecified atom stereocenters. The van der Waals surface area contributed by atoms with E-state index in [0.717, 1.165) is 18.4 Å². The van der Waals surface area contributed by atoms with E-state index in [4.69, 9.17) is 4.74 Å². The van der Waals surface area contributed by atoms with Crippen molar-refractivity contribution < 1.29 is 20.1 Å². The fourth-order valence-corrected chi connectivity index (χ4v) is 2.49. The van der Waals surface area contributed by atoms with Gasteiger partial charge in [-0.25, -0.2) is 0 Å². The molecule has 1 aliphatic carbocycles. The first-order chi connectivity index (χ1) is 8.16. The molecule has 4 atom stereocenters. The molecule has 92 valence electrons. The van der Waals surface area contributed by atoms with E-state index in [-0.39, 0.29) is 6.61 Å². The van der Waals surface area contributed by atoms with Crippen LogP contribution in [0.2, 0.25) is 0 Å². The van der Waals surface area contributed by atoms with Gasteiger partial charge in [-0.1, -0.05) is 18.2 Å². The summed E-state index contributed by atoms with van der Waals surface area (Å²) in [6.45, 7) is 0.0772. The monoisotopic (exact) mass is 236 g/mol. The predicted octanol–water partition coefficient (Wildman–Crippen LogP) is -0.0608. The number of rotatable bonds is 2. The number of hydrogen-bond acceptors (Lipinski definition) is 4. The summed E-state index contributed by atoms with van der Waals surface area (Å²) in [6.07, 6.45) is -1.38. The van der Waals surface area contributed by atoms with Gasteiger partial charge in [-0.15, -0.1) is 0 Å². The smallest absolute Gasteiger partial charge is 0.116 e. The lowest BCUT2D eigenvalue weighted by Crippen LogP contribution is -2.34. The lowest BCUT2D eigenvalue weighted by Gasteiger charge is -2.25. The Balaban J connectivity index is 1.81. The van der Waals surface area contributed by atoms with Gasteiger partial charge in [0.2, 0.25) is 0 Å². The van der Waals surface area contributed by atoms with Crippen LogP contribution in [0, 0.1) is 0 Å². The van der Waals surface area contributed by atoms with Crippen LogP contribution in [0.25, 0.3) is 0 Å². The van der Waals surface area contributed by atoms with Crippen LogP contribution in [-0.2, 0) is 17.6 Å².